The van der Waals surface area contributed by atoms with Crippen molar-refractivity contribution in [3.05, 3.63) is 67.0 Å². The highest BCUT2D eigenvalue weighted by molar-refractivity contribution is 6.01. The van der Waals surface area contributed by atoms with Crippen molar-refractivity contribution >= 4 is 16.9 Å². The predicted octanol–water partition coefficient (Wildman–Crippen LogP) is 5.26. The summed E-state index contributed by atoms with van der Waals surface area (Å²) in [5.74, 6) is -1.39. The molecule has 3 atom stereocenters. The molecule has 0 saturated carbocycles. The molecule has 1 heterocycles. The van der Waals surface area contributed by atoms with Gasteiger partial charge in [0, 0.05) is 17.8 Å². The van der Waals surface area contributed by atoms with Crippen molar-refractivity contribution in [1.82, 2.24) is 4.57 Å². The zero-order valence-electron chi connectivity index (χ0n) is 18.7. The second kappa shape index (κ2) is 10.1. The average molecular weight is 440 g/mol. The van der Waals surface area contributed by atoms with Gasteiger partial charge >= 0.3 is 5.97 Å². The molecule has 5 nitrogen and oxygen atoms in total. The lowest BCUT2D eigenvalue weighted by Crippen LogP contribution is -2.34. The minimum atomic E-state index is -1.08. The number of hydrogen-bond donors (Lipinski definition) is 2. The number of aromatic nitrogens is 1. The Labute approximate surface area is 187 Å². The number of rotatable bonds is 9. The van der Waals surface area contributed by atoms with E-state index < -0.39 is 24.1 Å². The van der Waals surface area contributed by atoms with E-state index in [0.717, 1.165) is 16.5 Å². The van der Waals surface area contributed by atoms with E-state index in [9.17, 15) is 19.4 Å². The Bertz CT molecular complexity index is 1090. The molecule has 1 aromatic heterocycles. The van der Waals surface area contributed by atoms with Gasteiger partial charge in [-0.3, -0.25) is 4.79 Å². The Hall–Kier alpha value is -2.96. The van der Waals surface area contributed by atoms with Gasteiger partial charge in [-0.2, -0.15) is 0 Å². The molecule has 6 heteroatoms. The molecule has 0 amide bonds. The zero-order valence-corrected chi connectivity index (χ0v) is 18.7. The Kier molecular flexibility index (Phi) is 7.48. The first kappa shape index (κ1) is 23.7. The van der Waals surface area contributed by atoms with Gasteiger partial charge in [-0.05, 0) is 44.0 Å². The largest absolute Gasteiger partial charge is 0.408 e. The van der Waals surface area contributed by atoms with Crippen LogP contribution in [-0.4, -0.2) is 33.0 Å². The topological polar surface area (TPSA) is 71.7 Å². The molecule has 2 N–H and O–H groups in total. The summed E-state index contributed by atoms with van der Waals surface area (Å²) in [6.07, 6.45) is -0.326. The van der Waals surface area contributed by atoms with Gasteiger partial charge in [-0.15, -0.1) is 6.58 Å². The number of halogens is 1. The van der Waals surface area contributed by atoms with Crippen molar-refractivity contribution in [3.8, 4) is 17.0 Å². The maximum absolute atomic E-state index is 13.6. The summed E-state index contributed by atoms with van der Waals surface area (Å²) in [6.45, 7) is 9.28. The van der Waals surface area contributed by atoms with Crippen LogP contribution in [0.1, 0.15) is 39.7 Å². The average Bonchev–Trinajstić information content (AvgIpc) is 3.08. The van der Waals surface area contributed by atoms with Gasteiger partial charge < -0.3 is 19.5 Å². The summed E-state index contributed by atoms with van der Waals surface area (Å²) in [4.78, 5) is 13.2. The summed E-state index contributed by atoms with van der Waals surface area (Å²) in [5.41, 5.74) is 2.30. The van der Waals surface area contributed by atoms with Crippen LogP contribution < -0.4 is 4.74 Å². The lowest BCUT2D eigenvalue weighted by atomic mass is 9.95. The van der Waals surface area contributed by atoms with Crippen LogP contribution in [0.15, 0.2) is 61.2 Å². The van der Waals surface area contributed by atoms with Gasteiger partial charge in [0.2, 0.25) is 5.88 Å². The normalized spacial score (nSPS) is 14.3. The van der Waals surface area contributed by atoms with Crippen LogP contribution in [0.5, 0.6) is 5.88 Å². The van der Waals surface area contributed by atoms with E-state index in [1.165, 1.54) is 18.2 Å². The first-order valence-corrected chi connectivity index (χ1v) is 10.9. The summed E-state index contributed by atoms with van der Waals surface area (Å²) in [7, 11) is 0. The predicted molar refractivity (Wildman–Crippen MR) is 124 cm³/mol. The number of aliphatic hydroxyl groups is 2. The number of fused-ring (bicyclic) bond motifs is 1. The first-order valence-electron chi connectivity index (χ1n) is 10.9. The van der Waals surface area contributed by atoms with E-state index >= 15 is 0 Å². The SMILES string of the molecule is C=C[C@H](O)C[C@H](O)C(CC)C(=O)Oc1c(-c2ccc(F)cc2)c2ccccc2n1C(C)C. The molecule has 0 aliphatic carbocycles. The van der Waals surface area contributed by atoms with E-state index in [-0.39, 0.29) is 18.3 Å². The fourth-order valence-electron chi connectivity index (χ4n) is 4.02. The van der Waals surface area contributed by atoms with Gasteiger partial charge in [0.25, 0.3) is 0 Å². The number of para-hydroxylation sites is 1. The van der Waals surface area contributed by atoms with E-state index in [1.807, 2.05) is 42.7 Å². The fraction of sp³-hybridized carbons (Fsp3) is 0.346. The fourth-order valence-corrected chi connectivity index (χ4v) is 4.02. The molecule has 0 saturated heterocycles. The Morgan fingerprint density at radius 1 is 1.16 bits per heavy atom. The maximum atomic E-state index is 13.6. The third-order valence-corrected chi connectivity index (χ3v) is 5.67. The minimum Gasteiger partial charge on any atom is -0.408 e. The monoisotopic (exact) mass is 439 g/mol. The van der Waals surface area contributed by atoms with Crippen molar-refractivity contribution in [2.45, 2.75) is 51.9 Å². The van der Waals surface area contributed by atoms with Crippen molar-refractivity contribution < 1.29 is 24.1 Å². The van der Waals surface area contributed by atoms with E-state index in [2.05, 4.69) is 6.58 Å². The summed E-state index contributed by atoms with van der Waals surface area (Å²) < 4.78 is 21.5. The van der Waals surface area contributed by atoms with E-state index in [0.29, 0.717) is 17.9 Å². The third kappa shape index (κ3) is 4.76. The molecular weight excluding hydrogens is 409 g/mol. The second-order valence-electron chi connectivity index (χ2n) is 8.21. The molecule has 0 fully saturated rings. The standard InChI is InChI=1S/C26H30FNO4/c1-5-19(29)15-23(30)20(6-2)26(31)32-25-24(17-11-13-18(27)14-12-17)21-9-7-8-10-22(21)28(25)16(3)4/h5,7-14,16,19-20,23,29-30H,1,6,15H2,2-4H3/t19-,20?,23-/m0/s1. The molecule has 0 radical (unpaired) electrons. The van der Waals surface area contributed by atoms with Gasteiger partial charge in [0.1, 0.15) is 5.82 Å². The number of ether oxygens (including phenoxy) is 1. The molecule has 0 aliphatic heterocycles. The van der Waals surface area contributed by atoms with Crippen LogP contribution in [0.3, 0.4) is 0 Å². The molecule has 2 aromatic carbocycles. The minimum absolute atomic E-state index is 0.00487. The molecule has 3 rings (SSSR count). The Balaban J connectivity index is 2.11. The van der Waals surface area contributed by atoms with Gasteiger partial charge in [0.15, 0.2) is 0 Å². The molecule has 32 heavy (non-hydrogen) atoms. The number of hydrogen-bond acceptors (Lipinski definition) is 4. The lowest BCUT2D eigenvalue weighted by Gasteiger charge is -2.23. The van der Waals surface area contributed by atoms with Crippen molar-refractivity contribution in [2.24, 2.45) is 5.92 Å². The summed E-state index contributed by atoms with van der Waals surface area (Å²) in [5, 5.41) is 21.2. The lowest BCUT2D eigenvalue weighted by molar-refractivity contribution is -0.144. The second-order valence-corrected chi connectivity index (χ2v) is 8.21. The molecular formula is C26H30FNO4. The van der Waals surface area contributed by atoms with Crippen LogP contribution in [0.25, 0.3) is 22.0 Å². The summed E-state index contributed by atoms with van der Waals surface area (Å²) in [6, 6.07) is 13.7. The number of carbonyl (C=O) groups is 1. The first-order chi connectivity index (χ1) is 15.3. The van der Waals surface area contributed by atoms with Crippen LogP contribution in [0.4, 0.5) is 4.39 Å². The highest BCUT2D eigenvalue weighted by atomic mass is 19.1. The van der Waals surface area contributed by atoms with Crippen LogP contribution in [0, 0.1) is 11.7 Å². The highest BCUT2D eigenvalue weighted by Crippen LogP contribution is 2.42. The van der Waals surface area contributed by atoms with E-state index in [4.69, 9.17) is 4.74 Å². The third-order valence-electron chi connectivity index (χ3n) is 5.67. The van der Waals surface area contributed by atoms with Gasteiger partial charge in [-0.25, -0.2) is 4.39 Å². The molecule has 3 aromatic rings. The highest BCUT2D eigenvalue weighted by Gasteiger charge is 2.31. The van der Waals surface area contributed by atoms with Gasteiger partial charge in [-0.1, -0.05) is 43.3 Å². The van der Waals surface area contributed by atoms with Crippen LogP contribution >= 0.6 is 0 Å². The quantitative estimate of drug-likeness (QED) is 0.353. The van der Waals surface area contributed by atoms with Crippen molar-refractivity contribution in [3.63, 3.8) is 0 Å². The van der Waals surface area contributed by atoms with Gasteiger partial charge in [0.05, 0.1) is 29.2 Å². The summed E-state index contributed by atoms with van der Waals surface area (Å²) >= 11 is 0. The number of carbonyl (C=O) groups excluding carboxylic acids is 1. The molecule has 0 bridgehead atoms. The molecule has 1 unspecified atom stereocenters. The van der Waals surface area contributed by atoms with Crippen molar-refractivity contribution in [2.75, 3.05) is 0 Å². The Morgan fingerprint density at radius 3 is 2.41 bits per heavy atom. The molecule has 170 valence electrons. The van der Waals surface area contributed by atoms with Crippen LogP contribution in [-0.2, 0) is 4.79 Å². The van der Waals surface area contributed by atoms with Crippen molar-refractivity contribution in [1.29, 1.82) is 0 Å². The number of benzene rings is 2. The maximum Gasteiger partial charge on any atom is 0.318 e. The van der Waals surface area contributed by atoms with E-state index in [1.54, 1.807) is 19.1 Å². The number of esters is 1. The molecule has 0 aliphatic rings. The number of nitrogens with zero attached hydrogens (tertiary/aromatic N) is 1. The zero-order chi connectivity index (χ0) is 23.4. The smallest absolute Gasteiger partial charge is 0.318 e. The Morgan fingerprint density at radius 2 is 1.81 bits per heavy atom. The molecule has 0 spiro atoms. The van der Waals surface area contributed by atoms with Crippen LogP contribution in [0.2, 0.25) is 0 Å². The number of aliphatic hydroxyl groups excluding tert-OH is 2.